The van der Waals surface area contributed by atoms with Gasteiger partial charge in [-0.25, -0.2) is 0 Å². The Labute approximate surface area is 201 Å². The molecule has 3 rings (SSSR count). The molecule has 0 atom stereocenters. The molecule has 0 aromatic heterocycles. The Kier molecular flexibility index (Phi) is 10.2. The molecule has 0 radical (unpaired) electrons. The van der Waals surface area contributed by atoms with Gasteiger partial charge < -0.3 is 10.1 Å². The second-order valence-electron chi connectivity index (χ2n) is 8.88. The van der Waals surface area contributed by atoms with Crippen molar-refractivity contribution in [2.75, 3.05) is 12.4 Å². The zero-order chi connectivity index (χ0) is 24.5. The molecule has 1 aliphatic carbocycles. The van der Waals surface area contributed by atoms with Gasteiger partial charge in [-0.05, 0) is 68.6 Å². The molecule has 1 amide bonds. The highest BCUT2D eigenvalue weighted by Crippen LogP contribution is 2.34. The summed E-state index contributed by atoms with van der Waals surface area (Å²) in [6.07, 6.45) is 4.95. The second-order valence-corrected chi connectivity index (χ2v) is 9.28. The van der Waals surface area contributed by atoms with Gasteiger partial charge in [-0.3, -0.25) is 14.9 Å². The summed E-state index contributed by atoms with van der Waals surface area (Å²) in [5.41, 5.74) is 2.61. The number of nitrogens with one attached hydrogen (secondary N) is 1. The van der Waals surface area contributed by atoms with E-state index in [0.717, 1.165) is 41.7 Å². The summed E-state index contributed by atoms with van der Waals surface area (Å²) in [4.78, 5) is 22.4. The number of nitro groups is 1. The lowest BCUT2D eigenvalue weighted by Gasteiger charge is -2.30. The first kappa shape index (κ1) is 26.7. The van der Waals surface area contributed by atoms with Gasteiger partial charge in [-0.1, -0.05) is 44.5 Å². The number of anilines is 1. The molecule has 1 aliphatic rings. The van der Waals surface area contributed by atoms with Crippen LogP contribution in [0.1, 0.15) is 57.6 Å². The molecule has 0 bridgehead atoms. The molecule has 1 fully saturated rings. The van der Waals surface area contributed by atoms with Crippen molar-refractivity contribution < 1.29 is 14.5 Å². The van der Waals surface area contributed by atoms with Gasteiger partial charge in [0.1, 0.15) is 5.75 Å². The van der Waals surface area contributed by atoms with Gasteiger partial charge in [0, 0.05) is 29.3 Å². The van der Waals surface area contributed by atoms with Crippen LogP contribution in [0, 0.1) is 34.8 Å². The number of ether oxygens (including phenoxy) is 1. The van der Waals surface area contributed by atoms with E-state index >= 15 is 0 Å². The number of rotatable bonds is 6. The van der Waals surface area contributed by atoms with Crippen LogP contribution in [0.3, 0.4) is 0 Å². The fourth-order valence-electron chi connectivity index (χ4n) is 4.26. The third kappa shape index (κ3) is 7.46. The van der Waals surface area contributed by atoms with Crippen LogP contribution in [0.5, 0.6) is 5.75 Å². The van der Waals surface area contributed by atoms with Gasteiger partial charge in [-0.15, -0.1) is 0 Å². The van der Waals surface area contributed by atoms with Gasteiger partial charge in [0.2, 0.25) is 5.91 Å². The molecule has 1 N–H and O–H groups in total. The first-order chi connectivity index (χ1) is 15.7. The number of amides is 1. The Morgan fingerprint density at radius 3 is 2.39 bits per heavy atom. The first-order valence-corrected chi connectivity index (χ1v) is 11.9. The SMILES string of the molecule is CCc1c(Cl)cccc1[N+](=O)[O-].COc1cc(NC(=O)C2CCC(C(C)C)CC2)ccc1C. The van der Waals surface area contributed by atoms with Crippen molar-refractivity contribution >= 4 is 28.9 Å². The van der Waals surface area contributed by atoms with Crippen LogP contribution in [-0.2, 0) is 11.2 Å². The molecule has 6 nitrogen and oxygen atoms in total. The summed E-state index contributed by atoms with van der Waals surface area (Å²) >= 11 is 5.77. The molecule has 0 unspecified atom stereocenters. The molecule has 0 spiro atoms. The predicted octanol–water partition coefficient (Wildman–Crippen LogP) is 7.22. The maximum atomic E-state index is 12.4. The van der Waals surface area contributed by atoms with Crippen molar-refractivity contribution in [2.45, 2.75) is 59.8 Å². The summed E-state index contributed by atoms with van der Waals surface area (Å²) in [7, 11) is 1.65. The molecule has 0 aliphatic heterocycles. The first-order valence-electron chi connectivity index (χ1n) is 11.5. The molecule has 33 heavy (non-hydrogen) atoms. The van der Waals surface area contributed by atoms with Gasteiger partial charge in [0.25, 0.3) is 5.69 Å². The number of carbonyl (C=O) groups is 1. The third-order valence-corrected chi connectivity index (χ3v) is 6.76. The van der Waals surface area contributed by atoms with E-state index in [1.165, 1.54) is 18.9 Å². The van der Waals surface area contributed by atoms with E-state index in [4.69, 9.17) is 16.3 Å². The molecule has 0 heterocycles. The minimum Gasteiger partial charge on any atom is -0.496 e. The van der Waals surface area contributed by atoms with Crippen LogP contribution in [0.4, 0.5) is 11.4 Å². The Bertz CT molecular complexity index is 953. The van der Waals surface area contributed by atoms with E-state index in [-0.39, 0.29) is 17.5 Å². The monoisotopic (exact) mass is 474 g/mol. The highest BCUT2D eigenvalue weighted by Gasteiger charge is 2.27. The lowest BCUT2D eigenvalue weighted by Crippen LogP contribution is -2.28. The van der Waals surface area contributed by atoms with Crippen molar-refractivity contribution in [3.8, 4) is 5.75 Å². The smallest absolute Gasteiger partial charge is 0.274 e. The zero-order valence-corrected chi connectivity index (χ0v) is 20.9. The van der Waals surface area contributed by atoms with Gasteiger partial charge >= 0.3 is 0 Å². The Balaban J connectivity index is 0.000000273. The predicted molar refractivity (Wildman–Crippen MR) is 134 cm³/mol. The molecule has 1 saturated carbocycles. The molecule has 7 heteroatoms. The maximum absolute atomic E-state index is 12.4. The number of nitro benzene ring substituents is 1. The van der Waals surface area contributed by atoms with Crippen LogP contribution in [0.15, 0.2) is 36.4 Å². The Morgan fingerprint density at radius 2 is 1.88 bits per heavy atom. The molecule has 2 aromatic carbocycles. The third-order valence-electron chi connectivity index (χ3n) is 6.41. The molecular weight excluding hydrogens is 440 g/mol. The number of aryl methyl sites for hydroxylation is 1. The number of halogens is 1. The van der Waals surface area contributed by atoms with E-state index in [2.05, 4.69) is 19.2 Å². The second kappa shape index (κ2) is 12.6. The molecular formula is C26H35ClN2O4. The van der Waals surface area contributed by atoms with Crippen LogP contribution >= 0.6 is 11.6 Å². The van der Waals surface area contributed by atoms with Crippen molar-refractivity contribution in [2.24, 2.45) is 17.8 Å². The number of hydrogen-bond donors (Lipinski definition) is 1. The van der Waals surface area contributed by atoms with Crippen LogP contribution in [0.2, 0.25) is 5.02 Å². The number of hydrogen-bond acceptors (Lipinski definition) is 4. The number of nitrogens with zero attached hydrogens (tertiary/aromatic N) is 1. The Hall–Kier alpha value is -2.60. The summed E-state index contributed by atoms with van der Waals surface area (Å²) in [6, 6.07) is 10.5. The number of benzene rings is 2. The summed E-state index contributed by atoms with van der Waals surface area (Å²) < 4.78 is 5.30. The van der Waals surface area contributed by atoms with E-state index < -0.39 is 4.92 Å². The van der Waals surface area contributed by atoms with Crippen LogP contribution in [0.25, 0.3) is 0 Å². The minimum atomic E-state index is -0.412. The molecule has 180 valence electrons. The summed E-state index contributed by atoms with van der Waals surface area (Å²) in [5.74, 6) is 2.65. The highest BCUT2D eigenvalue weighted by molar-refractivity contribution is 6.31. The standard InChI is InChI=1S/C18H27NO2.C8H8ClNO2/c1-12(2)14-6-8-15(9-7-14)18(20)19-16-10-5-13(3)17(11-16)21-4;1-2-6-7(9)4-3-5-8(6)10(11)12/h5,10-12,14-15H,6-9H2,1-4H3,(H,19,20);3-5H,2H2,1H3. The fraction of sp³-hybridized carbons (Fsp3) is 0.500. The summed E-state index contributed by atoms with van der Waals surface area (Å²) in [6.45, 7) is 8.40. The zero-order valence-electron chi connectivity index (χ0n) is 20.2. The number of methoxy groups -OCH3 is 1. The fourth-order valence-corrected chi connectivity index (χ4v) is 4.56. The van der Waals surface area contributed by atoms with Crippen molar-refractivity contribution in [3.05, 3.63) is 62.7 Å². The maximum Gasteiger partial charge on any atom is 0.274 e. The van der Waals surface area contributed by atoms with E-state index in [1.54, 1.807) is 19.2 Å². The van der Waals surface area contributed by atoms with Crippen molar-refractivity contribution in [3.63, 3.8) is 0 Å². The van der Waals surface area contributed by atoms with Gasteiger partial charge in [0.05, 0.1) is 17.1 Å². The van der Waals surface area contributed by atoms with Gasteiger partial charge in [0.15, 0.2) is 0 Å². The normalized spacial score (nSPS) is 17.7. The van der Waals surface area contributed by atoms with E-state index in [0.29, 0.717) is 17.0 Å². The average Bonchev–Trinajstić information content (AvgIpc) is 2.80. The van der Waals surface area contributed by atoms with Crippen molar-refractivity contribution in [1.82, 2.24) is 0 Å². The molecule has 2 aromatic rings. The Morgan fingerprint density at radius 1 is 1.21 bits per heavy atom. The quantitative estimate of drug-likeness (QED) is 0.354. The van der Waals surface area contributed by atoms with Crippen molar-refractivity contribution in [1.29, 1.82) is 0 Å². The van der Waals surface area contributed by atoms with E-state index in [1.807, 2.05) is 32.0 Å². The lowest BCUT2D eigenvalue weighted by atomic mass is 9.76. The summed E-state index contributed by atoms with van der Waals surface area (Å²) in [5, 5.41) is 14.0. The average molecular weight is 475 g/mol. The highest BCUT2D eigenvalue weighted by atomic mass is 35.5. The minimum absolute atomic E-state index is 0.102. The van der Waals surface area contributed by atoms with Crippen LogP contribution in [-0.4, -0.2) is 17.9 Å². The lowest BCUT2D eigenvalue weighted by molar-refractivity contribution is -0.385. The van der Waals surface area contributed by atoms with Crippen LogP contribution < -0.4 is 10.1 Å². The largest absolute Gasteiger partial charge is 0.496 e. The molecule has 0 saturated heterocycles. The topological polar surface area (TPSA) is 81.5 Å². The van der Waals surface area contributed by atoms with Gasteiger partial charge in [-0.2, -0.15) is 0 Å². The number of carbonyl (C=O) groups excluding carboxylic acids is 1. The van der Waals surface area contributed by atoms with E-state index in [9.17, 15) is 14.9 Å².